The number of nitro groups is 1. The van der Waals surface area contributed by atoms with Crippen molar-refractivity contribution in [2.24, 2.45) is 0 Å². The second kappa shape index (κ2) is 6.18. The van der Waals surface area contributed by atoms with E-state index in [1.807, 2.05) is 0 Å². The molecule has 1 unspecified atom stereocenters. The molecule has 0 saturated carbocycles. The van der Waals surface area contributed by atoms with Crippen molar-refractivity contribution in [3.8, 4) is 0 Å². The Morgan fingerprint density at radius 2 is 2.29 bits per heavy atom. The summed E-state index contributed by atoms with van der Waals surface area (Å²) in [6.45, 7) is 5.89. The van der Waals surface area contributed by atoms with E-state index in [1.54, 1.807) is 6.92 Å². The van der Waals surface area contributed by atoms with E-state index in [0.29, 0.717) is 11.4 Å². The van der Waals surface area contributed by atoms with Gasteiger partial charge in [0.05, 0.1) is 11.0 Å². The van der Waals surface area contributed by atoms with Gasteiger partial charge in [-0.25, -0.2) is 4.98 Å². The third kappa shape index (κ3) is 4.01. The molecule has 1 rings (SSSR count). The summed E-state index contributed by atoms with van der Waals surface area (Å²) >= 11 is 0. The van der Waals surface area contributed by atoms with Crippen molar-refractivity contribution in [3.05, 3.63) is 27.9 Å². The van der Waals surface area contributed by atoms with Crippen molar-refractivity contribution in [2.45, 2.75) is 46.1 Å². The first kappa shape index (κ1) is 13.4. The summed E-state index contributed by atoms with van der Waals surface area (Å²) < 4.78 is 0. The molecule has 1 aromatic rings. The van der Waals surface area contributed by atoms with Gasteiger partial charge in [0.2, 0.25) is 0 Å². The van der Waals surface area contributed by atoms with Crippen LogP contribution in [0, 0.1) is 17.0 Å². The smallest absolute Gasteiger partial charge is 0.277 e. The van der Waals surface area contributed by atoms with Crippen LogP contribution in [-0.2, 0) is 0 Å². The van der Waals surface area contributed by atoms with Crippen LogP contribution in [0.4, 0.5) is 11.5 Å². The second-order valence-corrected chi connectivity index (χ2v) is 4.30. The molecule has 5 heteroatoms. The van der Waals surface area contributed by atoms with Gasteiger partial charge in [0.15, 0.2) is 0 Å². The lowest BCUT2D eigenvalue weighted by Crippen LogP contribution is -2.15. The van der Waals surface area contributed by atoms with Gasteiger partial charge in [0, 0.05) is 17.8 Å². The van der Waals surface area contributed by atoms with E-state index in [2.05, 4.69) is 24.1 Å². The number of hydrogen-bond donors (Lipinski definition) is 1. The van der Waals surface area contributed by atoms with Crippen molar-refractivity contribution < 1.29 is 4.92 Å². The number of nitrogens with zero attached hydrogens (tertiary/aromatic N) is 2. The SMILES string of the molecule is CCCCC(C)Nc1cc([N+](=O)[O-])c(C)cn1. The fourth-order valence-electron chi connectivity index (χ4n) is 1.62. The van der Waals surface area contributed by atoms with Gasteiger partial charge in [-0.1, -0.05) is 19.8 Å². The summed E-state index contributed by atoms with van der Waals surface area (Å²) in [6.07, 6.45) is 4.86. The molecule has 0 saturated heterocycles. The zero-order valence-electron chi connectivity index (χ0n) is 10.6. The Morgan fingerprint density at radius 1 is 1.59 bits per heavy atom. The van der Waals surface area contributed by atoms with Crippen LogP contribution < -0.4 is 5.32 Å². The fourth-order valence-corrected chi connectivity index (χ4v) is 1.62. The molecular weight excluding hydrogens is 218 g/mol. The standard InChI is InChI=1S/C12H19N3O2/c1-4-5-6-10(3)14-12-7-11(15(16)17)9(2)8-13-12/h7-8,10H,4-6H2,1-3H3,(H,13,14). The third-order valence-corrected chi connectivity index (χ3v) is 2.66. The molecule has 0 aliphatic carbocycles. The minimum absolute atomic E-state index is 0.116. The number of unbranched alkanes of at least 4 members (excludes halogenated alkanes) is 1. The van der Waals surface area contributed by atoms with E-state index in [4.69, 9.17) is 0 Å². The molecule has 0 bridgehead atoms. The van der Waals surface area contributed by atoms with Crippen LogP contribution >= 0.6 is 0 Å². The van der Waals surface area contributed by atoms with Crippen molar-refractivity contribution in [1.82, 2.24) is 4.98 Å². The largest absolute Gasteiger partial charge is 0.367 e. The summed E-state index contributed by atoms with van der Waals surface area (Å²) in [5.74, 6) is 0.575. The molecule has 0 amide bonds. The van der Waals surface area contributed by atoms with Gasteiger partial charge < -0.3 is 5.32 Å². The number of rotatable bonds is 6. The Morgan fingerprint density at radius 3 is 2.88 bits per heavy atom. The summed E-state index contributed by atoms with van der Waals surface area (Å²) in [4.78, 5) is 14.6. The van der Waals surface area contributed by atoms with Gasteiger partial charge in [-0.05, 0) is 20.3 Å². The molecule has 1 heterocycles. The molecular formula is C12H19N3O2. The first-order valence-electron chi connectivity index (χ1n) is 5.92. The van der Waals surface area contributed by atoms with Crippen molar-refractivity contribution in [2.75, 3.05) is 5.32 Å². The molecule has 0 aliphatic heterocycles. The molecule has 1 atom stereocenters. The number of hydrogen-bond acceptors (Lipinski definition) is 4. The maximum atomic E-state index is 10.8. The minimum Gasteiger partial charge on any atom is -0.367 e. The average molecular weight is 237 g/mol. The lowest BCUT2D eigenvalue weighted by molar-refractivity contribution is -0.385. The van der Waals surface area contributed by atoms with Crippen LogP contribution in [0.15, 0.2) is 12.3 Å². The molecule has 94 valence electrons. The predicted octanol–water partition coefficient (Wildman–Crippen LogP) is 3.29. The van der Waals surface area contributed by atoms with E-state index in [-0.39, 0.29) is 16.7 Å². The van der Waals surface area contributed by atoms with Gasteiger partial charge in [-0.15, -0.1) is 0 Å². The highest BCUT2D eigenvalue weighted by Crippen LogP contribution is 2.20. The van der Waals surface area contributed by atoms with Gasteiger partial charge in [-0.2, -0.15) is 0 Å². The molecule has 1 aromatic heterocycles. The minimum atomic E-state index is -0.376. The summed E-state index contributed by atoms with van der Waals surface area (Å²) in [7, 11) is 0. The van der Waals surface area contributed by atoms with Gasteiger partial charge in [0.1, 0.15) is 5.82 Å². The number of aryl methyl sites for hydroxylation is 1. The van der Waals surface area contributed by atoms with Crippen LogP contribution in [0.5, 0.6) is 0 Å². The van der Waals surface area contributed by atoms with Crippen LogP contribution in [0.3, 0.4) is 0 Å². The monoisotopic (exact) mass is 237 g/mol. The Bertz CT molecular complexity index is 393. The Balaban J connectivity index is 2.72. The zero-order valence-corrected chi connectivity index (χ0v) is 10.6. The first-order valence-corrected chi connectivity index (χ1v) is 5.92. The van der Waals surface area contributed by atoms with Crippen molar-refractivity contribution in [3.63, 3.8) is 0 Å². The number of nitrogens with one attached hydrogen (secondary N) is 1. The number of pyridine rings is 1. The molecule has 0 radical (unpaired) electrons. The molecule has 0 spiro atoms. The summed E-state index contributed by atoms with van der Waals surface area (Å²) in [6, 6.07) is 1.78. The summed E-state index contributed by atoms with van der Waals surface area (Å²) in [5, 5.41) is 14.0. The molecule has 17 heavy (non-hydrogen) atoms. The van der Waals surface area contributed by atoms with E-state index >= 15 is 0 Å². The van der Waals surface area contributed by atoms with E-state index in [9.17, 15) is 10.1 Å². The van der Waals surface area contributed by atoms with Crippen LogP contribution in [0.25, 0.3) is 0 Å². The predicted molar refractivity (Wildman–Crippen MR) is 68.2 cm³/mol. The van der Waals surface area contributed by atoms with E-state index < -0.39 is 0 Å². The number of anilines is 1. The van der Waals surface area contributed by atoms with Crippen LogP contribution in [0.2, 0.25) is 0 Å². The van der Waals surface area contributed by atoms with Crippen molar-refractivity contribution in [1.29, 1.82) is 0 Å². The lowest BCUT2D eigenvalue weighted by Gasteiger charge is -2.13. The van der Waals surface area contributed by atoms with E-state index in [1.165, 1.54) is 12.3 Å². The van der Waals surface area contributed by atoms with Crippen LogP contribution in [0.1, 0.15) is 38.7 Å². The zero-order chi connectivity index (χ0) is 12.8. The molecule has 5 nitrogen and oxygen atoms in total. The quantitative estimate of drug-likeness (QED) is 0.609. The normalized spacial score (nSPS) is 12.2. The van der Waals surface area contributed by atoms with Gasteiger partial charge >= 0.3 is 0 Å². The molecule has 0 fully saturated rings. The second-order valence-electron chi connectivity index (χ2n) is 4.30. The van der Waals surface area contributed by atoms with E-state index in [0.717, 1.165) is 19.3 Å². The Kier molecular flexibility index (Phi) is 4.87. The first-order chi connectivity index (χ1) is 8.04. The number of aromatic nitrogens is 1. The molecule has 0 aliphatic rings. The third-order valence-electron chi connectivity index (χ3n) is 2.66. The maximum absolute atomic E-state index is 10.8. The highest BCUT2D eigenvalue weighted by molar-refractivity contribution is 5.49. The fraction of sp³-hybridized carbons (Fsp3) is 0.583. The average Bonchev–Trinajstić information content (AvgIpc) is 2.28. The molecule has 0 aromatic carbocycles. The maximum Gasteiger partial charge on any atom is 0.277 e. The topological polar surface area (TPSA) is 68.1 Å². The van der Waals surface area contributed by atoms with Gasteiger partial charge in [-0.3, -0.25) is 10.1 Å². The van der Waals surface area contributed by atoms with Gasteiger partial charge in [0.25, 0.3) is 5.69 Å². The molecule has 1 N–H and O–H groups in total. The van der Waals surface area contributed by atoms with Crippen LogP contribution in [-0.4, -0.2) is 15.9 Å². The Labute approximate surface area is 101 Å². The lowest BCUT2D eigenvalue weighted by atomic mass is 10.1. The Hall–Kier alpha value is -1.65. The highest BCUT2D eigenvalue weighted by Gasteiger charge is 2.12. The summed E-state index contributed by atoms with van der Waals surface area (Å²) in [5.41, 5.74) is 0.701. The van der Waals surface area contributed by atoms with Crippen molar-refractivity contribution >= 4 is 11.5 Å². The highest BCUT2D eigenvalue weighted by atomic mass is 16.6.